The van der Waals surface area contributed by atoms with Crippen LogP contribution in [0.25, 0.3) is 0 Å². The highest BCUT2D eigenvalue weighted by molar-refractivity contribution is 7.89. The van der Waals surface area contributed by atoms with E-state index >= 15 is 0 Å². The predicted molar refractivity (Wildman–Crippen MR) is 49.1 cm³/mol. The Morgan fingerprint density at radius 1 is 1.46 bits per heavy atom. The van der Waals surface area contributed by atoms with Crippen molar-refractivity contribution in [1.82, 2.24) is 0 Å². The summed E-state index contributed by atoms with van der Waals surface area (Å²) in [5, 5.41) is 4.98. The van der Waals surface area contributed by atoms with Crippen LogP contribution in [0.4, 0.5) is 0 Å². The van der Waals surface area contributed by atoms with E-state index in [1.54, 1.807) is 12.1 Å². The molecule has 1 rings (SSSR count). The fourth-order valence-corrected chi connectivity index (χ4v) is 1.57. The van der Waals surface area contributed by atoms with Gasteiger partial charge in [-0.05, 0) is 19.1 Å². The lowest BCUT2D eigenvalue weighted by Gasteiger charge is -2.03. The maximum atomic E-state index is 11.0. The Bertz CT molecular complexity index is 398. The van der Waals surface area contributed by atoms with E-state index in [0.29, 0.717) is 0 Å². The summed E-state index contributed by atoms with van der Waals surface area (Å²) in [5.74, 6) is 0. The van der Waals surface area contributed by atoms with E-state index in [1.807, 2.05) is 13.0 Å². The van der Waals surface area contributed by atoms with Gasteiger partial charge in [0, 0.05) is 5.56 Å². The molecule has 4 nitrogen and oxygen atoms in total. The Morgan fingerprint density at radius 3 is 2.54 bits per heavy atom. The summed E-state index contributed by atoms with van der Waals surface area (Å²) >= 11 is 0. The Morgan fingerprint density at radius 2 is 2.08 bits per heavy atom. The second kappa shape index (κ2) is 3.45. The van der Waals surface area contributed by atoms with Crippen LogP contribution in [0.5, 0.6) is 0 Å². The summed E-state index contributed by atoms with van der Waals surface area (Å²) in [5.41, 5.74) is 4.66. The zero-order valence-corrected chi connectivity index (χ0v) is 8.21. The van der Waals surface area contributed by atoms with E-state index in [2.05, 4.69) is 5.73 Å². The van der Waals surface area contributed by atoms with Crippen molar-refractivity contribution in [3.8, 4) is 0 Å². The molecule has 0 saturated carbocycles. The molecule has 0 aliphatic heterocycles. The Kier molecular flexibility index (Phi) is 2.70. The van der Waals surface area contributed by atoms with Crippen LogP contribution in [-0.2, 0) is 10.0 Å². The molecule has 13 heavy (non-hydrogen) atoms. The van der Waals surface area contributed by atoms with Crippen LogP contribution in [0.3, 0.4) is 0 Å². The fraction of sp³-hybridized carbons (Fsp3) is 0.250. The molecule has 0 saturated heterocycles. The molecule has 0 spiro atoms. The molecule has 0 aliphatic carbocycles. The van der Waals surface area contributed by atoms with Gasteiger partial charge < -0.3 is 5.73 Å². The number of nitrogens with two attached hydrogens (primary N) is 1. The lowest BCUT2D eigenvalue weighted by atomic mass is 10.1. The van der Waals surface area contributed by atoms with Crippen LogP contribution in [0.15, 0.2) is 29.2 Å². The largest absolute Gasteiger partial charge is 0.352 e. The molecule has 72 valence electrons. The van der Waals surface area contributed by atoms with E-state index in [4.69, 9.17) is 5.14 Å². The van der Waals surface area contributed by atoms with E-state index in [9.17, 15) is 8.42 Å². The maximum Gasteiger partial charge on any atom is 0.238 e. The number of rotatable bonds is 2. The highest BCUT2D eigenvalue weighted by atomic mass is 32.2. The molecule has 0 aliphatic rings. The van der Waals surface area contributed by atoms with Crippen molar-refractivity contribution in [3.05, 3.63) is 29.8 Å². The van der Waals surface area contributed by atoms with Crippen LogP contribution in [0.1, 0.15) is 18.5 Å². The Labute approximate surface area is 77.6 Å². The number of sulfonamides is 1. The number of primary sulfonamides is 1. The standard InChI is InChI=1S/C8H12N2O2S/c1-6(9)7-3-2-4-8(5-7)13(10,11)12/h2-6H,9H2,1H3,(H2,10,11,12)/p+1/t6-/m0/s1. The maximum absolute atomic E-state index is 11.0. The van der Waals surface area contributed by atoms with Gasteiger partial charge in [0.2, 0.25) is 10.0 Å². The first-order valence-corrected chi connectivity index (χ1v) is 5.42. The van der Waals surface area contributed by atoms with E-state index in [0.717, 1.165) is 5.56 Å². The zero-order valence-electron chi connectivity index (χ0n) is 7.40. The third-order valence-electron chi connectivity index (χ3n) is 1.76. The van der Waals surface area contributed by atoms with Gasteiger partial charge in [0.25, 0.3) is 0 Å². The highest BCUT2D eigenvalue weighted by Crippen LogP contribution is 2.13. The quantitative estimate of drug-likeness (QED) is 0.684. The first-order chi connectivity index (χ1) is 5.91. The van der Waals surface area contributed by atoms with Crippen LogP contribution < -0.4 is 10.9 Å². The van der Waals surface area contributed by atoms with Crippen molar-refractivity contribution in [3.63, 3.8) is 0 Å². The molecular formula is C8H13N2O2S+. The molecule has 0 fully saturated rings. The summed E-state index contributed by atoms with van der Waals surface area (Å²) in [6.45, 7) is 1.89. The van der Waals surface area contributed by atoms with Crippen LogP contribution in [0.2, 0.25) is 0 Å². The van der Waals surface area contributed by atoms with Gasteiger partial charge >= 0.3 is 0 Å². The molecule has 0 heterocycles. The average Bonchev–Trinajstić information content (AvgIpc) is 2.03. The van der Waals surface area contributed by atoms with E-state index < -0.39 is 10.0 Å². The summed E-state index contributed by atoms with van der Waals surface area (Å²) in [4.78, 5) is 0.139. The molecule has 5 N–H and O–H groups in total. The molecule has 0 radical (unpaired) electrons. The Balaban J connectivity index is 3.21. The van der Waals surface area contributed by atoms with Gasteiger partial charge in [0.1, 0.15) is 6.04 Å². The van der Waals surface area contributed by atoms with E-state index in [1.165, 1.54) is 6.07 Å². The molecule has 1 aromatic rings. The number of quaternary nitrogens is 1. The minimum absolute atomic E-state index is 0.0571. The summed E-state index contributed by atoms with van der Waals surface area (Å²) < 4.78 is 21.9. The van der Waals surface area contributed by atoms with Crippen LogP contribution in [-0.4, -0.2) is 8.42 Å². The third kappa shape index (κ3) is 2.51. The molecule has 0 unspecified atom stereocenters. The smallest absolute Gasteiger partial charge is 0.238 e. The first-order valence-electron chi connectivity index (χ1n) is 3.87. The number of hydrogen-bond donors (Lipinski definition) is 2. The fourth-order valence-electron chi connectivity index (χ4n) is 0.998. The molecular weight excluding hydrogens is 188 g/mol. The predicted octanol–water partition coefficient (Wildman–Crippen LogP) is -0.363. The molecule has 1 aromatic carbocycles. The number of benzene rings is 1. The molecule has 1 atom stereocenters. The van der Waals surface area contributed by atoms with Crippen LogP contribution in [0, 0.1) is 0 Å². The molecule has 0 bridgehead atoms. The second-order valence-corrected chi connectivity index (χ2v) is 4.58. The summed E-state index contributed by atoms with van der Waals surface area (Å²) in [6.07, 6.45) is 0. The van der Waals surface area contributed by atoms with Crippen molar-refractivity contribution in [2.24, 2.45) is 5.14 Å². The van der Waals surface area contributed by atoms with Crippen molar-refractivity contribution in [2.45, 2.75) is 17.9 Å². The van der Waals surface area contributed by atoms with Crippen molar-refractivity contribution in [2.75, 3.05) is 0 Å². The first kappa shape index (κ1) is 10.2. The highest BCUT2D eigenvalue weighted by Gasteiger charge is 2.10. The lowest BCUT2D eigenvalue weighted by Crippen LogP contribution is -2.51. The third-order valence-corrected chi connectivity index (χ3v) is 2.67. The van der Waals surface area contributed by atoms with Gasteiger partial charge in [0.15, 0.2) is 0 Å². The van der Waals surface area contributed by atoms with Crippen molar-refractivity contribution >= 4 is 10.0 Å². The van der Waals surface area contributed by atoms with E-state index in [-0.39, 0.29) is 10.9 Å². The molecule has 0 amide bonds. The van der Waals surface area contributed by atoms with Crippen molar-refractivity contribution in [1.29, 1.82) is 0 Å². The molecule has 0 aromatic heterocycles. The Hall–Kier alpha value is -0.910. The summed E-state index contributed by atoms with van der Waals surface area (Å²) in [7, 11) is -3.59. The lowest BCUT2D eigenvalue weighted by molar-refractivity contribution is -0.420. The van der Waals surface area contributed by atoms with Crippen molar-refractivity contribution < 1.29 is 14.2 Å². The SMILES string of the molecule is C[C@H]([NH3+])c1cccc(S(N)(=O)=O)c1. The normalized spacial score (nSPS) is 14.1. The molecule has 5 heteroatoms. The van der Waals surface area contributed by atoms with Gasteiger partial charge in [0.05, 0.1) is 4.90 Å². The van der Waals surface area contributed by atoms with Crippen LogP contribution >= 0.6 is 0 Å². The van der Waals surface area contributed by atoms with Gasteiger partial charge in [-0.1, -0.05) is 12.1 Å². The summed E-state index contributed by atoms with van der Waals surface area (Å²) in [6, 6.07) is 6.57. The minimum Gasteiger partial charge on any atom is -0.352 e. The number of hydrogen-bond acceptors (Lipinski definition) is 2. The van der Waals surface area contributed by atoms with Gasteiger partial charge in [-0.3, -0.25) is 0 Å². The minimum atomic E-state index is -3.59. The monoisotopic (exact) mass is 201 g/mol. The van der Waals surface area contributed by atoms with Gasteiger partial charge in [-0.2, -0.15) is 0 Å². The zero-order chi connectivity index (χ0) is 10.1. The van der Waals surface area contributed by atoms with Gasteiger partial charge in [-0.25, -0.2) is 13.6 Å². The average molecular weight is 201 g/mol. The topological polar surface area (TPSA) is 87.8 Å². The van der Waals surface area contributed by atoms with Gasteiger partial charge in [-0.15, -0.1) is 0 Å². The second-order valence-electron chi connectivity index (χ2n) is 3.02.